The van der Waals surface area contributed by atoms with Crippen molar-refractivity contribution in [1.29, 1.82) is 0 Å². The van der Waals surface area contributed by atoms with Gasteiger partial charge < -0.3 is 4.90 Å². The van der Waals surface area contributed by atoms with Gasteiger partial charge >= 0.3 is 0 Å². The lowest BCUT2D eigenvalue weighted by Crippen LogP contribution is -2.41. The van der Waals surface area contributed by atoms with Crippen molar-refractivity contribution in [2.75, 3.05) is 27.2 Å². The quantitative estimate of drug-likeness (QED) is 0.790. The van der Waals surface area contributed by atoms with Crippen LogP contribution in [0.3, 0.4) is 0 Å². The molecular weight excluding hydrogens is 208 g/mol. The summed E-state index contributed by atoms with van der Waals surface area (Å²) in [5.74, 6) is 0. The molecule has 0 aliphatic carbocycles. The van der Waals surface area contributed by atoms with Crippen LogP contribution >= 0.6 is 0 Å². The van der Waals surface area contributed by atoms with Gasteiger partial charge in [-0.2, -0.15) is 0 Å². The highest BCUT2D eigenvalue weighted by Crippen LogP contribution is 2.16. The Labute approximate surface area is 105 Å². The Kier molecular flexibility index (Phi) is 4.19. The maximum absolute atomic E-state index is 2.57. The molecule has 1 heterocycles. The van der Waals surface area contributed by atoms with Crippen LogP contribution in [0.25, 0.3) is 0 Å². The van der Waals surface area contributed by atoms with Crippen molar-refractivity contribution in [2.45, 2.75) is 32.4 Å². The van der Waals surface area contributed by atoms with Crippen molar-refractivity contribution in [1.82, 2.24) is 9.80 Å². The number of aryl methyl sites for hydroxylation is 1. The van der Waals surface area contributed by atoms with Crippen molar-refractivity contribution in [3.63, 3.8) is 0 Å². The Morgan fingerprint density at radius 2 is 1.71 bits per heavy atom. The fourth-order valence-corrected chi connectivity index (χ4v) is 2.55. The third-order valence-corrected chi connectivity index (χ3v) is 3.81. The first-order chi connectivity index (χ1) is 8.15. The van der Waals surface area contributed by atoms with Crippen LogP contribution in [0, 0.1) is 6.92 Å². The zero-order chi connectivity index (χ0) is 12.3. The molecule has 0 unspecified atom stereocenters. The molecule has 1 aliphatic heterocycles. The lowest BCUT2D eigenvalue weighted by Gasteiger charge is -2.35. The van der Waals surface area contributed by atoms with Gasteiger partial charge in [-0.1, -0.05) is 29.8 Å². The van der Waals surface area contributed by atoms with Crippen molar-refractivity contribution in [3.8, 4) is 0 Å². The molecule has 0 saturated carbocycles. The minimum absolute atomic E-state index is 0.782. The summed E-state index contributed by atoms with van der Waals surface area (Å²) in [5.41, 5.74) is 2.79. The third kappa shape index (κ3) is 3.55. The van der Waals surface area contributed by atoms with E-state index in [1.54, 1.807) is 0 Å². The summed E-state index contributed by atoms with van der Waals surface area (Å²) in [7, 11) is 4.39. The lowest BCUT2D eigenvalue weighted by atomic mass is 10.0. The van der Waals surface area contributed by atoms with Crippen LogP contribution in [0.1, 0.15) is 24.0 Å². The molecule has 0 atom stereocenters. The first-order valence-corrected chi connectivity index (χ1v) is 6.59. The first kappa shape index (κ1) is 12.6. The minimum Gasteiger partial charge on any atom is -0.306 e. The van der Waals surface area contributed by atoms with E-state index in [2.05, 4.69) is 55.1 Å². The van der Waals surface area contributed by atoms with Crippen molar-refractivity contribution < 1.29 is 0 Å². The van der Waals surface area contributed by atoms with Crippen LogP contribution < -0.4 is 0 Å². The van der Waals surface area contributed by atoms with E-state index in [9.17, 15) is 0 Å². The molecule has 0 amide bonds. The van der Waals surface area contributed by atoms with Gasteiger partial charge in [0.2, 0.25) is 0 Å². The summed E-state index contributed by atoms with van der Waals surface area (Å²) in [6.45, 7) is 5.72. The summed E-state index contributed by atoms with van der Waals surface area (Å²) in [6, 6.07) is 9.72. The van der Waals surface area contributed by atoms with Crippen LogP contribution in [0.4, 0.5) is 0 Å². The molecule has 1 saturated heterocycles. The van der Waals surface area contributed by atoms with Gasteiger partial charge in [0, 0.05) is 12.6 Å². The molecule has 94 valence electrons. The van der Waals surface area contributed by atoms with E-state index in [4.69, 9.17) is 0 Å². The largest absolute Gasteiger partial charge is 0.306 e. The van der Waals surface area contributed by atoms with E-state index in [0.717, 1.165) is 12.6 Å². The molecule has 1 aliphatic rings. The Morgan fingerprint density at radius 3 is 2.24 bits per heavy atom. The molecule has 0 radical (unpaired) electrons. The zero-order valence-corrected chi connectivity index (χ0v) is 11.3. The summed E-state index contributed by atoms with van der Waals surface area (Å²) in [6.07, 6.45) is 2.61. The fourth-order valence-electron chi connectivity index (χ4n) is 2.55. The molecule has 17 heavy (non-hydrogen) atoms. The fraction of sp³-hybridized carbons (Fsp3) is 0.600. The van der Waals surface area contributed by atoms with Crippen LogP contribution in [0.2, 0.25) is 0 Å². The second kappa shape index (κ2) is 5.65. The number of piperidine rings is 1. The monoisotopic (exact) mass is 232 g/mol. The second-order valence-electron chi connectivity index (χ2n) is 5.46. The molecule has 2 nitrogen and oxygen atoms in total. The van der Waals surface area contributed by atoms with Crippen LogP contribution in [-0.2, 0) is 6.54 Å². The van der Waals surface area contributed by atoms with E-state index in [1.807, 2.05) is 0 Å². The van der Waals surface area contributed by atoms with E-state index in [0.29, 0.717) is 0 Å². The third-order valence-electron chi connectivity index (χ3n) is 3.81. The van der Waals surface area contributed by atoms with Crippen molar-refractivity contribution in [3.05, 3.63) is 35.4 Å². The van der Waals surface area contributed by atoms with Crippen LogP contribution in [0.5, 0.6) is 0 Å². The van der Waals surface area contributed by atoms with Gasteiger partial charge in [-0.05, 0) is 52.5 Å². The Morgan fingerprint density at radius 1 is 1.12 bits per heavy atom. The van der Waals surface area contributed by atoms with E-state index in [1.165, 1.54) is 37.1 Å². The SMILES string of the molecule is Cc1ccc(CN2CCC(N(C)C)CC2)cc1. The second-order valence-corrected chi connectivity index (χ2v) is 5.46. The molecule has 0 bridgehead atoms. The summed E-state index contributed by atoms with van der Waals surface area (Å²) in [4.78, 5) is 4.94. The number of likely N-dealkylation sites (tertiary alicyclic amines) is 1. The highest BCUT2D eigenvalue weighted by atomic mass is 15.2. The Bertz CT molecular complexity index is 334. The van der Waals surface area contributed by atoms with Gasteiger partial charge in [-0.25, -0.2) is 0 Å². The molecule has 1 fully saturated rings. The maximum Gasteiger partial charge on any atom is 0.0233 e. The van der Waals surface area contributed by atoms with Gasteiger partial charge in [-0.3, -0.25) is 4.90 Å². The number of hydrogen-bond acceptors (Lipinski definition) is 2. The molecule has 2 rings (SSSR count). The molecule has 0 spiro atoms. The van der Waals surface area contributed by atoms with E-state index < -0.39 is 0 Å². The topological polar surface area (TPSA) is 6.48 Å². The molecule has 0 aromatic heterocycles. The standard InChI is InChI=1S/C15H24N2/c1-13-4-6-14(7-5-13)12-17-10-8-15(9-11-17)16(2)3/h4-7,15H,8-12H2,1-3H3. The van der Waals surface area contributed by atoms with Gasteiger partial charge in [0.15, 0.2) is 0 Å². The molecular formula is C15H24N2. The van der Waals surface area contributed by atoms with Crippen LogP contribution in [0.15, 0.2) is 24.3 Å². The normalized spacial score (nSPS) is 18.8. The van der Waals surface area contributed by atoms with Gasteiger partial charge in [0.25, 0.3) is 0 Å². The molecule has 1 aromatic carbocycles. The highest BCUT2D eigenvalue weighted by Gasteiger charge is 2.20. The Hall–Kier alpha value is -0.860. The number of nitrogens with zero attached hydrogens (tertiary/aromatic N) is 2. The van der Waals surface area contributed by atoms with Gasteiger partial charge in [-0.15, -0.1) is 0 Å². The first-order valence-electron chi connectivity index (χ1n) is 6.59. The predicted molar refractivity (Wildman–Crippen MR) is 73.2 cm³/mol. The van der Waals surface area contributed by atoms with Crippen LogP contribution in [-0.4, -0.2) is 43.0 Å². The average molecular weight is 232 g/mol. The zero-order valence-electron chi connectivity index (χ0n) is 11.3. The predicted octanol–water partition coefficient (Wildman–Crippen LogP) is 2.52. The lowest BCUT2D eigenvalue weighted by molar-refractivity contribution is 0.140. The van der Waals surface area contributed by atoms with Gasteiger partial charge in [0.1, 0.15) is 0 Å². The van der Waals surface area contributed by atoms with Gasteiger partial charge in [0.05, 0.1) is 0 Å². The number of benzene rings is 1. The van der Waals surface area contributed by atoms with Crippen molar-refractivity contribution >= 4 is 0 Å². The summed E-state index contributed by atoms with van der Waals surface area (Å²) < 4.78 is 0. The molecule has 1 aromatic rings. The van der Waals surface area contributed by atoms with Crippen molar-refractivity contribution in [2.24, 2.45) is 0 Å². The summed E-state index contributed by atoms with van der Waals surface area (Å²) >= 11 is 0. The number of rotatable bonds is 3. The summed E-state index contributed by atoms with van der Waals surface area (Å²) in [5, 5.41) is 0. The molecule has 0 N–H and O–H groups in total. The van der Waals surface area contributed by atoms with E-state index in [-0.39, 0.29) is 0 Å². The molecule has 2 heteroatoms. The smallest absolute Gasteiger partial charge is 0.0233 e. The average Bonchev–Trinajstić information content (AvgIpc) is 2.33. The maximum atomic E-state index is 2.57. The minimum atomic E-state index is 0.782. The number of hydrogen-bond donors (Lipinski definition) is 0. The van der Waals surface area contributed by atoms with E-state index >= 15 is 0 Å². The Balaban J connectivity index is 1.84. The highest BCUT2D eigenvalue weighted by molar-refractivity contribution is 5.21.